The van der Waals surface area contributed by atoms with Crippen LogP contribution < -0.4 is 15.5 Å². The van der Waals surface area contributed by atoms with E-state index >= 15 is 0 Å². The highest BCUT2D eigenvalue weighted by molar-refractivity contribution is 5.91. The molecule has 1 amide bonds. The number of nitrogens with one attached hydrogen (secondary N) is 2. The maximum absolute atomic E-state index is 11.9. The van der Waals surface area contributed by atoms with E-state index < -0.39 is 0 Å². The molecule has 0 atom stereocenters. The number of hydrogen-bond acceptors (Lipinski definition) is 5. The monoisotopic (exact) mass is 331 g/mol. The molecule has 6 heteroatoms. The highest BCUT2D eigenvalue weighted by Crippen LogP contribution is 2.27. The summed E-state index contributed by atoms with van der Waals surface area (Å²) in [6, 6.07) is 4.62. The summed E-state index contributed by atoms with van der Waals surface area (Å²) in [7, 11) is 4.30. The van der Waals surface area contributed by atoms with E-state index in [1.54, 1.807) is 0 Å². The van der Waals surface area contributed by atoms with Crippen molar-refractivity contribution in [3.05, 3.63) is 18.3 Å². The fourth-order valence-corrected chi connectivity index (χ4v) is 3.19. The molecule has 1 saturated carbocycles. The molecule has 2 fully saturated rings. The molecule has 0 spiro atoms. The van der Waals surface area contributed by atoms with Gasteiger partial charge in [0.15, 0.2) is 0 Å². The second-order valence-electron chi connectivity index (χ2n) is 7.21. The minimum Gasteiger partial charge on any atom is -0.370 e. The first-order chi connectivity index (χ1) is 11.6. The summed E-state index contributed by atoms with van der Waals surface area (Å²) in [6.45, 7) is 3.42. The lowest BCUT2D eigenvalue weighted by atomic mass is 10.0. The van der Waals surface area contributed by atoms with Gasteiger partial charge in [0.25, 0.3) is 0 Å². The summed E-state index contributed by atoms with van der Waals surface area (Å²) in [5.41, 5.74) is 1.14. The number of aromatic nitrogens is 1. The largest absolute Gasteiger partial charge is 0.370 e. The van der Waals surface area contributed by atoms with Gasteiger partial charge in [0.1, 0.15) is 5.82 Å². The van der Waals surface area contributed by atoms with Crippen LogP contribution in [0.25, 0.3) is 0 Å². The normalized spacial score (nSPS) is 18.9. The molecule has 1 saturated heterocycles. The number of piperidine rings is 1. The minimum atomic E-state index is -0.0253. The molecule has 0 bridgehead atoms. The van der Waals surface area contributed by atoms with Crippen LogP contribution in [0.5, 0.6) is 0 Å². The van der Waals surface area contributed by atoms with Crippen LogP contribution >= 0.6 is 0 Å². The van der Waals surface area contributed by atoms with Crippen molar-refractivity contribution in [3.63, 3.8) is 0 Å². The molecule has 3 rings (SSSR count). The Bertz CT molecular complexity index is 533. The Balaban J connectivity index is 1.43. The van der Waals surface area contributed by atoms with Crippen molar-refractivity contribution >= 4 is 17.4 Å². The Kier molecular flexibility index (Phi) is 5.68. The van der Waals surface area contributed by atoms with E-state index in [2.05, 4.69) is 45.6 Å². The number of carbonyl (C=O) groups is 1. The van der Waals surface area contributed by atoms with Gasteiger partial charge in [-0.05, 0) is 64.4 Å². The molecular weight excluding hydrogens is 302 g/mol. The van der Waals surface area contributed by atoms with Gasteiger partial charge >= 0.3 is 0 Å². The zero-order valence-corrected chi connectivity index (χ0v) is 14.8. The molecule has 1 aromatic heterocycles. The lowest BCUT2D eigenvalue weighted by Crippen LogP contribution is -2.42. The Morgan fingerprint density at radius 2 is 2.00 bits per heavy atom. The van der Waals surface area contributed by atoms with E-state index in [1.165, 1.54) is 25.7 Å². The van der Waals surface area contributed by atoms with Crippen LogP contribution in [0.2, 0.25) is 0 Å². The molecule has 132 valence electrons. The lowest BCUT2D eigenvalue weighted by Gasteiger charge is -2.36. The van der Waals surface area contributed by atoms with Gasteiger partial charge in [0.05, 0.1) is 18.4 Å². The topological polar surface area (TPSA) is 60.5 Å². The second kappa shape index (κ2) is 7.94. The molecule has 1 aliphatic heterocycles. The average Bonchev–Trinajstić information content (AvgIpc) is 3.40. The van der Waals surface area contributed by atoms with Crippen LogP contribution in [0.15, 0.2) is 18.3 Å². The van der Waals surface area contributed by atoms with E-state index in [4.69, 9.17) is 0 Å². The first kappa shape index (κ1) is 17.2. The van der Waals surface area contributed by atoms with Gasteiger partial charge in [-0.25, -0.2) is 4.98 Å². The van der Waals surface area contributed by atoms with Crippen molar-refractivity contribution in [2.24, 2.45) is 5.92 Å². The number of rotatable bonds is 7. The van der Waals surface area contributed by atoms with Crippen molar-refractivity contribution < 1.29 is 4.79 Å². The molecule has 1 aliphatic carbocycles. The van der Waals surface area contributed by atoms with Crippen LogP contribution in [0.4, 0.5) is 11.5 Å². The molecule has 0 unspecified atom stereocenters. The third-order valence-electron chi connectivity index (χ3n) is 4.99. The highest BCUT2D eigenvalue weighted by Gasteiger charge is 2.21. The molecular formula is C18H29N5O. The number of carbonyl (C=O) groups excluding carboxylic acids is 1. The second-order valence-corrected chi connectivity index (χ2v) is 7.21. The van der Waals surface area contributed by atoms with Crippen LogP contribution in [0, 0.1) is 5.92 Å². The standard InChI is InChI=1S/C18H29N5O/c1-22(2)15-7-9-23(10-8-15)16-5-6-17(20-12-16)21-18(24)13-19-11-14-3-4-14/h5-6,12,14-15,19H,3-4,7-11,13H2,1-2H3,(H,20,21,24). The molecule has 0 radical (unpaired) electrons. The quantitative estimate of drug-likeness (QED) is 0.794. The minimum absolute atomic E-state index is 0.0253. The number of hydrogen-bond donors (Lipinski definition) is 2. The predicted molar refractivity (Wildman–Crippen MR) is 97.4 cm³/mol. The summed E-state index contributed by atoms with van der Waals surface area (Å²) in [6.07, 6.45) is 6.81. The maximum atomic E-state index is 11.9. The van der Waals surface area contributed by atoms with Gasteiger partial charge in [-0.2, -0.15) is 0 Å². The number of nitrogens with zero attached hydrogens (tertiary/aromatic N) is 3. The van der Waals surface area contributed by atoms with E-state index in [0.717, 1.165) is 31.2 Å². The van der Waals surface area contributed by atoms with Gasteiger partial charge in [-0.3, -0.25) is 4.79 Å². The third kappa shape index (κ3) is 4.92. The van der Waals surface area contributed by atoms with Gasteiger partial charge in [0, 0.05) is 19.1 Å². The van der Waals surface area contributed by atoms with Crippen molar-refractivity contribution in [2.45, 2.75) is 31.7 Å². The van der Waals surface area contributed by atoms with Crippen LogP contribution in [0.1, 0.15) is 25.7 Å². The van der Waals surface area contributed by atoms with E-state index in [1.807, 2.05) is 12.3 Å². The smallest absolute Gasteiger partial charge is 0.239 e. The van der Waals surface area contributed by atoms with Crippen LogP contribution in [-0.2, 0) is 4.79 Å². The summed E-state index contributed by atoms with van der Waals surface area (Å²) in [5, 5.41) is 6.04. The van der Waals surface area contributed by atoms with Crippen LogP contribution in [0.3, 0.4) is 0 Å². The fourth-order valence-electron chi connectivity index (χ4n) is 3.19. The van der Waals surface area contributed by atoms with Crippen molar-refractivity contribution in [2.75, 3.05) is 50.5 Å². The fraction of sp³-hybridized carbons (Fsp3) is 0.667. The summed E-state index contributed by atoms with van der Waals surface area (Å²) in [4.78, 5) is 20.9. The summed E-state index contributed by atoms with van der Waals surface area (Å²) in [5.74, 6) is 1.38. The van der Waals surface area contributed by atoms with Gasteiger partial charge in [0.2, 0.25) is 5.91 Å². The van der Waals surface area contributed by atoms with E-state index in [9.17, 15) is 4.79 Å². The molecule has 2 aliphatic rings. The molecule has 24 heavy (non-hydrogen) atoms. The zero-order chi connectivity index (χ0) is 16.9. The molecule has 6 nitrogen and oxygen atoms in total. The maximum Gasteiger partial charge on any atom is 0.239 e. The Hall–Kier alpha value is -1.66. The van der Waals surface area contributed by atoms with Crippen molar-refractivity contribution in [3.8, 4) is 0 Å². The molecule has 2 N–H and O–H groups in total. The first-order valence-corrected chi connectivity index (χ1v) is 9.00. The van der Waals surface area contributed by atoms with Gasteiger partial charge in [-0.15, -0.1) is 0 Å². The van der Waals surface area contributed by atoms with E-state index in [-0.39, 0.29) is 5.91 Å². The first-order valence-electron chi connectivity index (χ1n) is 9.00. The van der Waals surface area contributed by atoms with Crippen LogP contribution in [-0.4, -0.2) is 62.1 Å². The van der Waals surface area contributed by atoms with Gasteiger partial charge in [-0.1, -0.05) is 0 Å². The number of anilines is 2. The summed E-state index contributed by atoms with van der Waals surface area (Å²) >= 11 is 0. The van der Waals surface area contributed by atoms with Crippen molar-refractivity contribution in [1.82, 2.24) is 15.2 Å². The van der Waals surface area contributed by atoms with Crippen molar-refractivity contribution in [1.29, 1.82) is 0 Å². The number of amides is 1. The third-order valence-corrected chi connectivity index (χ3v) is 4.99. The van der Waals surface area contributed by atoms with Gasteiger partial charge < -0.3 is 20.4 Å². The predicted octanol–water partition coefficient (Wildman–Crippen LogP) is 1.55. The lowest BCUT2D eigenvalue weighted by molar-refractivity contribution is -0.115. The SMILES string of the molecule is CN(C)C1CCN(c2ccc(NC(=O)CNCC3CC3)nc2)CC1. The Labute approximate surface area is 144 Å². The Morgan fingerprint density at radius 1 is 1.25 bits per heavy atom. The highest BCUT2D eigenvalue weighted by atomic mass is 16.1. The average molecular weight is 331 g/mol. The van der Waals surface area contributed by atoms with E-state index in [0.29, 0.717) is 18.4 Å². The molecule has 1 aromatic rings. The molecule has 0 aromatic carbocycles. The number of pyridine rings is 1. The summed E-state index contributed by atoms with van der Waals surface area (Å²) < 4.78 is 0. The Morgan fingerprint density at radius 3 is 2.58 bits per heavy atom. The zero-order valence-electron chi connectivity index (χ0n) is 14.8. The molecule has 2 heterocycles.